The maximum atomic E-state index is 14.1. The number of fused-ring (bicyclic) bond motifs is 1. The summed E-state index contributed by atoms with van der Waals surface area (Å²) in [5, 5.41) is 10.4. The number of carbonyl (C=O) groups excluding carboxylic acids is 1. The minimum Gasteiger partial charge on any atom is -0.443 e. The van der Waals surface area contributed by atoms with Gasteiger partial charge in [-0.1, -0.05) is 18.2 Å². The smallest absolute Gasteiger partial charge is 0.418 e. The van der Waals surface area contributed by atoms with Crippen LogP contribution in [0.1, 0.15) is 99.1 Å². The summed E-state index contributed by atoms with van der Waals surface area (Å²) in [5.41, 5.74) is 5.20. The molecule has 1 aromatic heterocycles. The van der Waals surface area contributed by atoms with Crippen molar-refractivity contribution in [2.24, 2.45) is 5.41 Å². The molecule has 2 aliphatic carbocycles. The second-order valence-electron chi connectivity index (χ2n) is 13.3. The third kappa shape index (κ3) is 5.03. The van der Waals surface area contributed by atoms with Gasteiger partial charge in [0.2, 0.25) is 5.92 Å². The highest BCUT2D eigenvalue weighted by Gasteiger charge is 2.58. The SMILES string of the molecule is Cc1cc(C2CC2)c(CN2CCC3(CC2c2ccc(C#N)cc2)CC(F)(F)C3)c2ccn(C(=O)OC(C)(C)C)c12. The molecule has 1 aliphatic heterocycles. The van der Waals surface area contributed by atoms with Gasteiger partial charge in [0.05, 0.1) is 17.1 Å². The maximum Gasteiger partial charge on any atom is 0.418 e. The average Bonchev–Trinajstić information content (AvgIpc) is 3.61. The minimum atomic E-state index is -2.57. The summed E-state index contributed by atoms with van der Waals surface area (Å²) in [6, 6.07) is 14.0. The summed E-state index contributed by atoms with van der Waals surface area (Å²) in [5.74, 6) is -2.05. The number of benzene rings is 2. The predicted octanol–water partition coefficient (Wildman–Crippen LogP) is 8.23. The molecule has 1 saturated heterocycles. The van der Waals surface area contributed by atoms with Crippen LogP contribution in [0.25, 0.3) is 10.9 Å². The molecule has 3 aliphatic rings. The molecule has 0 N–H and O–H groups in total. The van der Waals surface area contributed by atoms with E-state index < -0.39 is 17.6 Å². The number of rotatable bonds is 4. The van der Waals surface area contributed by atoms with Gasteiger partial charge in [0.1, 0.15) is 5.60 Å². The molecule has 2 heterocycles. The van der Waals surface area contributed by atoms with Crippen molar-refractivity contribution in [2.75, 3.05) is 6.54 Å². The van der Waals surface area contributed by atoms with E-state index in [1.165, 1.54) is 11.1 Å². The number of nitriles is 1. The number of piperidine rings is 1. The number of ether oxygens (including phenoxy) is 1. The maximum absolute atomic E-state index is 14.1. The number of likely N-dealkylation sites (tertiary alicyclic amines) is 1. The molecule has 1 spiro atoms. The van der Waals surface area contributed by atoms with Gasteiger partial charge in [-0.2, -0.15) is 5.26 Å². The number of nitrogens with zero attached hydrogens (tertiary/aromatic N) is 3. The predicted molar refractivity (Wildman–Crippen MR) is 150 cm³/mol. The van der Waals surface area contributed by atoms with Gasteiger partial charge in [-0.05, 0) is 112 Å². The van der Waals surface area contributed by atoms with Crippen LogP contribution in [-0.4, -0.2) is 33.6 Å². The number of alkyl halides is 2. The molecular formula is C33H37F2N3O2. The standard InChI is InChI=1S/C33H37F2N3O2/c1-21-15-26(23-9-10-23)27(25-11-13-38(29(21)25)30(39)40-31(2,3)4)18-37-14-12-32(19-33(34,35)20-32)16-28(37)24-7-5-22(17-36)6-8-24/h5-8,11,13,15,23,28H,9-10,12,14,16,18-20H2,1-4H3. The van der Waals surface area contributed by atoms with Crippen LogP contribution in [0.15, 0.2) is 42.6 Å². The van der Waals surface area contributed by atoms with Gasteiger partial charge in [0.15, 0.2) is 0 Å². The van der Waals surface area contributed by atoms with E-state index in [-0.39, 0.29) is 24.3 Å². The average molecular weight is 546 g/mol. The zero-order valence-corrected chi connectivity index (χ0v) is 23.8. The summed E-state index contributed by atoms with van der Waals surface area (Å²) < 4.78 is 35.5. The quantitative estimate of drug-likeness (QED) is 0.331. The first kappa shape index (κ1) is 27.0. The number of aromatic nitrogens is 1. The lowest BCUT2D eigenvalue weighted by Gasteiger charge is -2.54. The minimum absolute atomic E-state index is 0.0195. The third-order valence-corrected chi connectivity index (χ3v) is 8.96. The molecule has 2 aromatic carbocycles. The highest BCUT2D eigenvalue weighted by Crippen LogP contribution is 2.60. The largest absolute Gasteiger partial charge is 0.443 e. The topological polar surface area (TPSA) is 58.3 Å². The molecule has 0 radical (unpaired) electrons. The van der Waals surface area contributed by atoms with E-state index in [0.717, 1.165) is 47.8 Å². The van der Waals surface area contributed by atoms with E-state index in [0.29, 0.717) is 24.4 Å². The fraction of sp³-hybridized carbons (Fsp3) is 0.515. The molecule has 0 amide bonds. The third-order valence-electron chi connectivity index (χ3n) is 8.96. The molecule has 3 aromatic rings. The molecular weight excluding hydrogens is 508 g/mol. The number of hydrogen-bond donors (Lipinski definition) is 0. The van der Waals surface area contributed by atoms with Crippen LogP contribution in [-0.2, 0) is 11.3 Å². The Morgan fingerprint density at radius 3 is 2.45 bits per heavy atom. The fourth-order valence-electron chi connectivity index (χ4n) is 7.07. The lowest BCUT2D eigenvalue weighted by molar-refractivity contribution is -0.186. The van der Waals surface area contributed by atoms with Gasteiger partial charge >= 0.3 is 6.09 Å². The molecule has 0 bridgehead atoms. The monoisotopic (exact) mass is 545 g/mol. The van der Waals surface area contributed by atoms with Crippen molar-refractivity contribution in [3.8, 4) is 6.07 Å². The molecule has 1 unspecified atom stereocenters. The Morgan fingerprint density at radius 1 is 1.15 bits per heavy atom. The Labute approximate surface area is 234 Å². The van der Waals surface area contributed by atoms with Crippen molar-refractivity contribution in [2.45, 2.75) is 96.2 Å². The second kappa shape index (κ2) is 9.41. The molecule has 210 valence electrons. The van der Waals surface area contributed by atoms with Gasteiger partial charge < -0.3 is 4.74 Å². The number of hydrogen-bond acceptors (Lipinski definition) is 4. The zero-order chi connectivity index (χ0) is 28.4. The molecule has 7 heteroatoms. The first-order valence-electron chi connectivity index (χ1n) is 14.4. The van der Waals surface area contributed by atoms with Gasteiger partial charge in [-0.25, -0.2) is 13.6 Å². The summed E-state index contributed by atoms with van der Waals surface area (Å²) >= 11 is 0. The molecule has 6 rings (SSSR count). The van der Waals surface area contributed by atoms with Crippen molar-refractivity contribution in [1.82, 2.24) is 9.47 Å². The lowest BCUT2D eigenvalue weighted by atomic mass is 9.59. The zero-order valence-electron chi connectivity index (χ0n) is 23.8. The van der Waals surface area contributed by atoms with Gasteiger partial charge in [-0.15, -0.1) is 0 Å². The Bertz CT molecular complexity index is 1500. The highest BCUT2D eigenvalue weighted by atomic mass is 19.3. The van der Waals surface area contributed by atoms with Crippen LogP contribution in [0.4, 0.5) is 13.6 Å². The van der Waals surface area contributed by atoms with E-state index in [1.54, 1.807) is 4.57 Å². The van der Waals surface area contributed by atoms with Crippen molar-refractivity contribution >= 4 is 17.0 Å². The van der Waals surface area contributed by atoms with E-state index >= 15 is 0 Å². The number of carbonyl (C=O) groups is 1. The first-order chi connectivity index (χ1) is 18.9. The van der Waals surface area contributed by atoms with E-state index in [1.807, 2.05) is 57.3 Å². The summed E-state index contributed by atoms with van der Waals surface area (Å²) in [6.45, 7) is 9.06. The van der Waals surface area contributed by atoms with Crippen LogP contribution in [0, 0.1) is 23.7 Å². The molecule has 2 saturated carbocycles. The van der Waals surface area contributed by atoms with Crippen LogP contribution in [0.5, 0.6) is 0 Å². The van der Waals surface area contributed by atoms with Crippen LogP contribution >= 0.6 is 0 Å². The van der Waals surface area contributed by atoms with Crippen molar-refractivity contribution in [1.29, 1.82) is 5.26 Å². The van der Waals surface area contributed by atoms with E-state index in [2.05, 4.69) is 24.0 Å². The summed E-state index contributed by atoms with van der Waals surface area (Å²) in [7, 11) is 0. The Morgan fingerprint density at radius 2 is 1.85 bits per heavy atom. The number of aryl methyl sites for hydroxylation is 1. The van der Waals surface area contributed by atoms with Gasteiger partial charge in [-0.3, -0.25) is 9.47 Å². The van der Waals surface area contributed by atoms with Crippen molar-refractivity contribution < 1.29 is 18.3 Å². The van der Waals surface area contributed by atoms with E-state index in [4.69, 9.17) is 4.74 Å². The van der Waals surface area contributed by atoms with Gasteiger partial charge in [0, 0.05) is 37.0 Å². The second-order valence-corrected chi connectivity index (χ2v) is 13.3. The highest BCUT2D eigenvalue weighted by molar-refractivity contribution is 5.94. The Hall–Kier alpha value is -3.24. The van der Waals surface area contributed by atoms with Crippen LogP contribution in [0.3, 0.4) is 0 Å². The van der Waals surface area contributed by atoms with Crippen molar-refractivity contribution in [3.63, 3.8) is 0 Å². The van der Waals surface area contributed by atoms with Crippen molar-refractivity contribution in [3.05, 3.63) is 70.4 Å². The Kier molecular flexibility index (Phi) is 6.34. The van der Waals surface area contributed by atoms with Gasteiger partial charge in [0.25, 0.3) is 0 Å². The molecule has 1 atom stereocenters. The molecule has 5 nitrogen and oxygen atoms in total. The normalized spacial score (nSPS) is 22.2. The van der Waals surface area contributed by atoms with Crippen LogP contribution < -0.4 is 0 Å². The molecule has 40 heavy (non-hydrogen) atoms. The molecule has 3 fully saturated rings. The summed E-state index contributed by atoms with van der Waals surface area (Å²) in [6.07, 6.45) is 5.08. The van der Waals surface area contributed by atoms with E-state index in [9.17, 15) is 18.8 Å². The first-order valence-corrected chi connectivity index (χ1v) is 14.4. The number of halogens is 2. The van der Waals surface area contributed by atoms with Crippen LogP contribution in [0.2, 0.25) is 0 Å². The summed E-state index contributed by atoms with van der Waals surface area (Å²) in [4.78, 5) is 15.6. The lowest BCUT2D eigenvalue weighted by Crippen LogP contribution is -2.53. The fourth-order valence-corrected chi connectivity index (χ4v) is 7.07. The Balaban J connectivity index is 1.39.